The van der Waals surface area contributed by atoms with Gasteiger partial charge in [-0.15, -0.1) is 10.2 Å². The highest BCUT2D eigenvalue weighted by molar-refractivity contribution is 7.99. The van der Waals surface area contributed by atoms with E-state index < -0.39 is 0 Å². The van der Waals surface area contributed by atoms with Crippen LogP contribution in [0.15, 0.2) is 47.9 Å². The highest BCUT2D eigenvalue weighted by Gasteiger charge is 2.20. The van der Waals surface area contributed by atoms with Gasteiger partial charge in [0.1, 0.15) is 6.33 Å². The number of hydrogen-bond acceptors (Lipinski definition) is 4. The average molecular weight is 354 g/mol. The molecule has 25 heavy (non-hydrogen) atoms. The summed E-state index contributed by atoms with van der Waals surface area (Å²) in [4.78, 5) is 12.7. The molecule has 2 heterocycles. The molecule has 0 unspecified atom stereocenters. The lowest BCUT2D eigenvalue weighted by Gasteiger charge is -2.19. The number of hydrogen-bond donors (Lipinski definition) is 0. The lowest BCUT2D eigenvalue weighted by molar-refractivity contribution is 0.102. The topological polar surface area (TPSA) is 52.7 Å². The maximum atomic E-state index is 12.7. The summed E-state index contributed by atoms with van der Waals surface area (Å²) in [5, 5.41) is 8.60. The van der Waals surface area contributed by atoms with E-state index in [4.69, 9.17) is 0 Å². The minimum Gasteiger partial charge on any atom is -0.341 e. The van der Waals surface area contributed by atoms with Crippen LogP contribution in [0.5, 0.6) is 0 Å². The third-order valence-electron chi connectivity index (χ3n) is 4.46. The van der Waals surface area contributed by atoms with Crippen molar-refractivity contribution in [1.82, 2.24) is 19.3 Å². The van der Waals surface area contributed by atoms with Crippen LogP contribution in [0.4, 0.5) is 0 Å². The normalized spacial score (nSPS) is 12.3. The third-order valence-corrected chi connectivity index (χ3v) is 5.49. The van der Waals surface area contributed by atoms with Crippen LogP contribution in [0.3, 0.4) is 0 Å². The van der Waals surface area contributed by atoms with Crippen LogP contribution in [0.25, 0.3) is 0 Å². The number of aromatic nitrogens is 4. The fraction of sp³-hybridized carbons (Fsp3) is 0.316. The molecule has 3 aromatic rings. The Morgan fingerprint density at radius 3 is 2.60 bits per heavy atom. The van der Waals surface area contributed by atoms with Crippen LogP contribution in [-0.2, 0) is 7.05 Å². The molecule has 0 saturated heterocycles. The monoisotopic (exact) mass is 354 g/mol. The molecule has 0 amide bonds. The van der Waals surface area contributed by atoms with Gasteiger partial charge in [0.05, 0.1) is 11.8 Å². The van der Waals surface area contributed by atoms with Gasteiger partial charge in [-0.1, -0.05) is 42.1 Å². The number of thioether (sulfide) groups is 1. The summed E-state index contributed by atoms with van der Waals surface area (Å²) in [7, 11) is 1.88. The van der Waals surface area contributed by atoms with E-state index >= 15 is 0 Å². The van der Waals surface area contributed by atoms with Crippen LogP contribution in [0.2, 0.25) is 0 Å². The average Bonchev–Trinajstić information content (AvgIpc) is 3.15. The predicted molar refractivity (Wildman–Crippen MR) is 100 cm³/mol. The zero-order valence-electron chi connectivity index (χ0n) is 14.9. The van der Waals surface area contributed by atoms with Gasteiger partial charge in [0, 0.05) is 24.0 Å². The second-order valence-electron chi connectivity index (χ2n) is 6.18. The van der Waals surface area contributed by atoms with Crippen LogP contribution >= 0.6 is 11.8 Å². The van der Waals surface area contributed by atoms with Gasteiger partial charge < -0.3 is 9.13 Å². The van der Waals surface area contributed by atoms with E-state index in [0.29, 0.717) is 5.75 Å². The standard InChI is InChI=1S/C19H22N4OS/c1-13-10-17(18(24)11-25-19-21-20-12-22(19)4)15(3)23(13)14(2)16-8-6-5-7-9-16/h5-10,12,14H,11H2,1-4H3/t14-/m0/s1. The summed E-state index contributed by atoms with van der Waals surface area (Å²) in [5.41, 5.74) is 4.13. The Balaban J connectivity index is 1.81. The molecule has 0 aliphatic carbocycles. The Morgan fingerprint density at radius 2 is 1.96 bits per heavy atom. The number of aryl methyl sites for hydroxylation is 2. The summed E-state index contributed by atoms with van der Waals surface area (Å²) in [6.07, 6.45) is 1.64. The highest BCUT2D eigenvalue weighted by atomic mass is 32.2. The number of nitrogens with zero attached hydrogens (tertiary/aromatic N) is 4. The Bertz CT molecular complexity index is 882. The highest BCUT2D eigenvalue weighted by Crippen LogP contribution is 2.26. The molecule has 130 valence electrons. The Kier molecular flexibility index (Phi) is 5.08. The first-order valence-electron chi connectivity index (χ1n) is 8.22. The molecule has 2 aromatic heterocycles. The molecule has 1 atom stereocenters. The number of Topliss-reactive ketones (excluding diaryl/α,β-unsaturated/α-hetero) is 1. The fourth-order valence-corrected chi connectivity index (χ4v) is 3.92. The van der Waals surface area contributed by atoms with E-state index in [9.17, 15) is 4.79 Å². The van der Waals surface area contributed by atoms with E-state index in [-0.39, 0.29) is 11.8 Å². The maximum absolute atomic E-state index is 12.7. The molecule has 6 heteroatoms. The quantitative estimate of drug-likeness (QED) is 0.499. The second kappa shape index (κ2) is 7.27. The third kappa shape index (κ3) is 3.54. The minimum atomic E-state index is 0.118. The van der Waals surface area contributed by atoms with E-state index in [0.717, 1.165) is 22.1 Å². The van der Waals surface area contributed by atoms with Crippen molar-refractivity contribution in [2.45, 2.75) is 32.0 Å². The summed E-state index contributed by atoms with van der Waals surface area (Å²) in [6.45, 7) is 6.24. The lowest BCUT2D eigenvalue weighted by Crippen LogP contribution is -2.12. The Morgan fingerprint density at radius 1 is 1.24 bits per heavy atom. The Hall–Kier alpha value is -2.34. The number of carbonyl (C=O) groups is 1. The molecule has 0 bridgehead atoms. The zero-order valence-corrected chi connectivity index (χ0v) is 15.7. The molecule has 0 N–H and O–H groups in total. The van der Waals surface area contributed by atoms with Crippen LogP contribution in [0.1, 0.15) is 40.3 Å². The molecule has 1 aromatic carbocycles. The summed E-state index contributed by atoms with van der Waals surface area (Å²) in [5.74, 6) is 0.476. The van der Waals surface area contributed by atoms with Gasteiger partial charge in [0.15, 0.2) is 10.9 Å². The molecule has 0 aliphatic rings. The van der Waals surface area contributed by atoms with Gasteiger partial charge in [-0.2, -0.15) is 0 Å². The van der Waals surface area contributed by atoms with Crippen molar-refractivity contribution in [3.05, 3.63) is 65.2 Å². The van der Waals surface area contributed by atoms with E-state index in [1.54, 1.807) is 6.33 Å². The first-order valence-corrected chi connectivity index (χ1v) is 9.21. The molecular formula is C19H22N4OS. The molecule has 3 rings (SSSR count). The van der Waals surface area contributed by atoms with Crippen molar-refractivity contribution in [2.75, 3.05) is 5.75 Å². The fourth-order valence-electron chi connectivity index (χ4n) is 3.15. The SMILES string of the molecule is Cc1cc(C(=O)CSc2nncn2C)c(C)n1[C@@H](C)c1ccccc1. The van der Waals surface area contributed by atoms with Crippen LogP contribution in [0, 0.1) is 13.8 Å². The van der Waals surface area contributed by atoms with Crippen molar-refractivity contribution in [3.63, 3.8) is 0 Å². The molecule has 0 aliphatic heterocycles. The second-order valence-corrected chi connectivity index (χ2v) is 7.12. The molecule has 0 saturated carbocycles. The van der Waals surface area contributed by atoms with E-state index in [2.05, 4.69) is 40.7 Å². The van der Waals surface area contributed by atoms with E-state index in [1.807, 2.05) is 42.8 Å². The first-order chi connectivity index (χ1) is 12.0. The van der Waals surface area contributed by atoms with Gasteiger partial charge in [-0.05, 0) is 32.4 Å². The summed E-state index contributed by atoms with van der Waals surface area (Å²) < 4.78 is 4.05. The van der Waals surface area contributed by atoms with Gasteiger partial charge in [0.25, 0.3) is 0 Å². The van der Waals surface area contributed by atoms with Crippen molar-refractivity contribution in [1.29, 1.82) is 0 Å². The van der Waals surface area contributed by atoms with E-state index in [1.165, 1.54) is 17.3 Å². The Labute approximate surface area is 152 Å². The number of ketones is 1. The number of carbonyl (C=O) groups excluding carboxylic acids is 1. The van der Waals surface area contributed by atoms with Crippen LogP contribution in [-0.4, -0.2) is 30.9 Å². The van der Waals surface area contributed by atoms with Crippen molar-refractivity contribution in [2.24, 2.45) is 7.05 Å². The van der Waals surface area contributed by atoms with Crippen molar-refractivity contribution >= 4 is 17.5 Å². The van der Waals surface area contributed by atoms with Gasteiger partial charge in [-0.25, -0.2) is 0 Å². The molecule has 0 spiro atoms. The smallest absolute Gasteiger partial charge is 0.191 e. The lowest BCUT2D eigenvalue weighted by atomic mass is 10.1. The number of benzene rings is 1. The maximum Gasteiger partial charge on any atom is 0.191 e. The van der Waals surface area contributed by atoms with Crippen molar-refractivity contribution < 1.29 is 4.79 Å². The van der Waals surface area contributed by atoms with Crippen LogP contribution < -0.4 is 0 Å². The molecule has 0 fully saturated rings. The zero-order chi connectivity index (χ0) is 18.0. The number of rotatable bonds is 6. The predicted octanol–water partition coefficient (Wildman–Crippen LogP) is 3.82. The molecular weight excluding hydrogens is 332 g/mol. The van der Waals surface area contributed by atoms with Gasteiger partial charge in [0.2, 0.25) is 0 Å². The molecule has 0 radical (unpaired) electrons. The molecule has 5 nitrogen and oxygen atoms in total. The summed E-state index contributed by atoms with van der Waals surface area (Å²) >= 11 is 1.42. The van der Waals surface area contributed by atoms with Crippen molar-refractivity contribution in [3.8, 4) is 0 Å². The largest absolute Gasteiger partial charge is 0.341 e. The van der Waals surface area contributed by atoms with Gasteiger partial charge >= 0.3 is 0 Å². The minimum absolute atomic E-state index is 0.118. The summed E-state index contributed by atoms with van der Waals surface area (Å²) in [6, 6.07) is 12.5. The van der Waals surface area contributed by atoms with Gasteiger partial charge in [-0.3, -0.25) is 4.79 Å². The first kappa shape index (κ1) is 17.5.